The summed E-state index contributed by atoms with van der Waals surface area (Å²) in [5.41, 5.74) is 3.85. The molecule has 0 spiro atoms. The van der Waals surface area contributed by atoms with Crippen molar-refractivity contribution in [3.8, 4) is 6.19 Å². The number of urea groups is 1. The minimum Gasteiger partial charge on any atom is -0.332 e. The topological polar surface area (TPSA) is 77.0 Å². The lowest BCUT2D eigenvalue weighted by Crippen LogP contribution is -2.49. The Balaban J connectivity index is 3.64. The number of nitriles is 1. The molecule has 0 saturated carbocycles. The van der Waals surface area contributed by atoms with E-state index in [9.17, 15) is 4.79 Å². The van der Waals surface area contributed by atoms with Gasteiger partial charge in [-0.05, 0) is 20.8 Å². The average molecular weight is 156 g/mol. The van der Waals surface area contributed by atoms with E-state index in [4.69, 9.17) is 5.26 Å². The summed E-state index contributed by atoms with van der Waals surface area (Å²) in [5.74, 6) is 0. The zero-order valence-electron chi connectivity index (χ0n) is 6.86. The van der Waals surface area contributed by atoms with Gasteiger partial charge in [0.1, 0.15) is 0 Å². The third kappa shape index (κ3) is 6.45. The van der Waals surface area contributed by atoms with Crippen molar-refractivity contribution in [1.29, 1.82) is 5.26 Å². The molecule has 0 aliphatic carbocycles. The van der Waals surface area contributed by atoms with Crippen molar-refractivity contribution in [2.24, 2.45) is 0 Å². The SMILES string of the molecule is CC(C)(C)NC(=O)NNC#N. The fourth-order valence-corrected chi connectivity index (χ4v) is 0.457. The third-order valence-electron chi connectivity index (χ3n) is 0.720. The quantitative estimate of drug-likeness (QED) is 0.285. The maximum absolute atomic E-state index is 10.8. The highest BCUT2D eigenvalue weighted by molar-refractivity contribution is 5.74. The van der Waals surface area contributed by atoms with E-state index in [1.807, 2.05) is 26.2 Å². The zero-order chi connectivity index (χ0) is 8.91. The normalized spacial score (nSPS) is 9.64. The first kappa shape index (κ1) is 9.56. The number of nitrogens with one attached hydrogen (secondary N) is 3. The maximum Gasteiger partial charge on any atom is 0.334 e. The zero-order valence-corrected chi connectivity index (χ0v) is 6.86. The molecule has 0 aromatic carbocycles. The van der Waals surface area contributed by atoms with Crippen molar-refractivity contribution < 1.29 is 4.79 Å². The van der Waals surface area contributed by atoms with E-state index in [1.54, 1.807) is 6.19 Å². The fraction of sp³-hybridized carbons (Fsp3) is 0.667. The maximum atomic E-state index is 10.8. The monoisotopic (exact) mass is 156 g/mol. The molecule has 5 heteroatoms. The first-order valence-corrected chi connectivity index (χ1v) is 3.18. The van der Waals surface area contributed by atoms with Crippen LogP contribution in [0.25, 0.3) is 0 Å². The van der Waals surface area contributed by atoms with Crippen LogP contribution in [0.4, 0.5) is 4.79 Å². The average Bonchev–Trinajstić information content (AvgIpc) is 1.79. The van der Waals surface area contributed by atoms with Gasteiger partial charge < -0.3 is 5.32 Å². The molecule has 0 aliphatic rings. The molecule has 0 aromatic rings. The summed E-state index contributed by atoms with van der Waals surface area (Å²) in [6.45, 7) is 5.54. The second-order valence-corrected chi connectivity index (χ2v) is 3.07. The predicted molar refractivity (Wildman–Crippen MR) is 40.2 cm³/mol. The van der Waals surface area contributed by atoms with Crippen molar-refractivity contribution in [3.05, 3.63) is 0 Å². The van der Waals surface area contributed by atoms with Crippen LogP contribution < -0.4 is 16.2 Å². The predicted octanol–water partition coefficient (Wildman–Crippen LogP) is 0.0698. The van der Waals surface area contributed by atoms with Gasteiger partial charge >= 0.3 is 6.03 Å². The Morgan fingerprint density at radius 2 is 2.00 bits per heavy atom. The summed E-state index contributed by atoms with van der Waals surface area (Å²) >= 11 is 0. The van der Waals surface area contributed by atoms with Gasteiger partial charge in [0.2, 0.25) is 0 Å². The fourth-order valence-electron chi connectivity index (χ4n) is 0.457. The summed E-state index contributed by atoms with van der Waals surface area (Å²) < 4.78 is 0. The van der Waals surface area contributed by atoms with E-state index >= 15 is 0 Å². The van der Waals surface area contributed by atoms with Crippen LogP contribution in [0.15, 0.2) is 0 Å². The van der Waals surface area contributed by atoms with Crippen molar-refractivity contribution in [3.63, 3.8) is 0 Å². The number of hydrogen-bond donors (Lipinski definition) is 3. The van der Waals surface area contributed by atoms with Crippen molar-refractivity contribution in [2.75, 3.05) is 0 Å². The molecule has 0 saturated heterocycles. The molecule has 2 amide bonds. The van der Waals surface area contributed by atoms with Gasteiger partial charge in [-0.25, -0.2) is 15.6 Å². The Hall–Kier alpha value is -1.44. The summed E-state index contributed by atoms with van der Waals surface area (Å²) in [4.78, 5) is 10.8. The highest BCUT2D eigenvalue weighted by Gasteiger charge is 2.12. The highest BCUT2D eigenvalue weighted by atomic mass is 16.2. The summed E-state index contributed by atoms with van der Waals surface area (Å²) in [6, 6.07) is -0.418. The molecule has 0 fully saturated rings. The van der Waals surface area contributed by atoms with Crippen LogP contribution in [0.2, 0.25) is 0 Å². The van der Waals surface area contributed by atoms with E-state index in [0.717, 1.165) is 0 Å². The summed E-state index contributed by atoms with van der Waals surface area (Å²) in [5, 5.41) is 10.6. The molecule has 0 aliphatic heterocycles. The molecule has 0 unspecified atom stereocenters. The Morgan fingerprint density at radius 1 is 1.45 bits per heavy atom. The highest BCUT2D eigenvalue weighted by Crippen LogP contribution is 1.96. The third-order valence-corrected chi connectivity index (χ3v) is 0.720. The molecule has 0 atom stereocenters. The number of nitrogens with zero attached hydrogens (tertiary/aromatic N) is 1. The molecular formula is C6H12N4O. The van der Waals surface area contributed by atoms with Gasteiger partial charge in [0.15, 0.2) is 6.19 Å². The van der Waals surface area contributed by atoms with Gasteiger partial charge in [0, 0.05) is 5.54 Å². The van der Waals surface area contributed by atoms with Crippen LogP contribution in [0, 0.1) is 11.5 Å². The van der Waals surface area contributed by atoms with Gasteiger partial charge in [-0.1, -0.05) is 0 Å². The summed E-state index contributed by atoms with van der Waals surface area (Å²) in [6.07, 6.45) is 1.56. The van der Waals surface area contributed by atoms with Gasteiger partial charge in [-0.2, -0.15) is 5.26 Å². The van der Waals surface area contributed by atoms with Gasteiger partial charge in [0.25, 0.3) is 0 Å². The molecule has 0 heterocycles. The number of rotatable bonds is 1. The lowest BCUT2D eigenvalue weighted by Gasteiger charge is -2.19. The first-order valence-electron chi connectivity index (χ1n) is 3.18. The van der Waals surface area contributed by atoms with Crippen LogP contribution in [0.3, 0.4) is 0 Å². The van der Waals surface area contributed by atoms with Gasteiger partial charge in [-0.3, -0.25) is 0 Å². The van der Waals surface area contributed by atoms with E-state index < -0.39 is 6.03 Å². The Labute approximate surface area is 65.7 Å². The second-order valence-electron chi connectivity index (χ2n) is 3.07. The van der Waals surface area contributed by atoms with Crippen LogP contribution in [0.1, 0.15) is 20.8 Å². The molecule has 3 N–H and O–H groups in total. The Bertz CT molecular complexity index is 176. The number of carbonyl (C=O) groups excluding carboxylic acids is 1. The van der Waals surface area contributed by atoms with E-state index in [0.29, 0.717) is 0 Å². The summed E-state index contributed by atoms with van der Waals surface area (Å²) in [7, 11) is 0. The molecule has 0 bridgehead atoms. The number of hydrazine groups is 1. The lowest BCUT2D eigenvalue weighted by molar-refractivity contribution is 0.230. The van der Waals surface area contributed by atoms with E-state index in [2.05, 4.69) is 10.7 Å². The van der Waals surface area contributed by atoms with Crippen LogP contribution >= 0.6 is 0 Å². The molecule has 62 valence electrons. The number of hydrogen-bond acceptors (Lipinski definition) is 3. The number of amides is 2. The Kier molecular flexibility index (Phi) is 3.18. The first-order chi connectivity index (χ1) is 4.95. The molecule has 5 nitrogen and oxygen atoms in total. The van der Waals surface area contributed by atoms with Crippen molar-refractivity contribution >= 4 is 6.03 Å². The lowest BCUT2D eigenvalue weighted by atomic mass is 10.1. The van der Waals surface area contributed by atoms with Crippen LogP contribution in [-0.2, 0) is 0 Å². The molecule has 0 aromatic heterocycles. The minimum atomic E-state index is -0.418. The largest absolute Gasteiger partial charge is 0.334 e. The smallest absolute Gasteiger partial charge is 0.332 e. The van der Waals surface area contributed by atoms with Crippen LogP contribution in [0.5, 0.6) is 0 Å². The van der Waals surface area contributed by atoms with E-state index in [1.165, 1.54) is 0 Å². The number of carbonyl (C=O) groups is 1. The second kappa shape index (κ2) is 3.66. The van der Waals surface area contributed by atoms with E-state index in [-0.39, 0.29) is 5.54 Å². The minimum absolute atomic E-state index is 0.290. The van der Waals surface area contributed by atoms with Gasteiger partial charge in [-0.15, -0.1) is 0 Å². The van der Waals surface area contributed by atoms with Crippen molar-refractivity contribution in [2.45, 2.75) is 26.3 Å². The van der Waals surface area contributed by atoms with Crippen LogP contribution in [-0.4, -0.2) is 11.6 Å². The van der Waals surface area contributed by atoms with Gasteiger partial charge in [0.05, 0.1) is 0 Å². The Morgan fingerprint density at radius 3 is 2.36 bits per heavy atom. The van der Waals surface area contributed by atoms with Crippen molar-refractivity contribution in [1.82, 2.24) is 16.2 Å². The molecular weight excluding hydrogens is 144 g/mol. The molecule has 0 radical (unpaired) electrons. The molecule has 0 rings (SSSR count). The molecule has 11 heavy (non-hydrogen) atoms. The standard InChI is InChI=1S/C6H12N4O/c1-6(2,3)9-5(11)10-8-4-7/h8H,1-3H3,(H2,9,10,11).